The molecule has 1 heterocycles. The van der Waals surface area contributed by atoms with Gasteiger partial charge in [-0.1, -0.05) is 30.3 Å². The summed E-state index contributed by atoms with van der Waals surface area (Å²) < 4.78 is 5.00. The normalized spacial score (nSPS) is 9.32. The maximum Gasteiger partial charge on any atom is 0.291 e. The second-order valence-corrected chi connectivity index (χ2v) is 3.61. The number of benzene rings is 1. The van der Waals surface area contributed by atoms with Crippen LogP contribution in [0.25, 0.3) is 0 Å². The molecule has 0 aliphatic rings. The third-order valence-corrected chi connectivity index (χ3v) is 2.31. The predicted octanol–water partition coefficient (Wildman–Crippen LogP) is 1.86. The number of ether oxygens (including phenoxy) is 1. The van der Waals surface area contributed by atoms with Crippen molar-refractivity contribution in [3.05, 3.63) is 58.0 Å². The van der Waals surface area contributed by atoms with E-state index in [1.807, 2.05) is 6.07 Å². The average molecular weight is 265 g/mol. The van der Waals surface area contributed by atoms with Gasteiger partial charge in [-0.15, -0.1) is 10.1 Å². The van der Waals surface area contributed by atoms with Crippen LogP contribution in [-0.4, -0.2) is 27.4 Å². The SMILES string of the molecule is COc1c[nH]c(CCc2ccccc2)n1.O=[N+]([O-])O. The summed E-state index contributed by atoms with van der Waals surface area (Å²) in [5, 5.41) is 13.6. The van der Waals surface area contributed by atoms with Crippen molar-refractivity contribution in [2.75, 3.05) is 7.11 Å². The van der Waals surface area contributed by atoms with Crippen LogP contribution in [0.3, 0.4) is 0 Å². The van der Waals surface area contributed by atoms with Crippen molar-refractivity contribution >= 4 is 0 Å². The number of hydrogen-bond acceptors (Lipinski definition) is 4. The first-order valence-electron chi connectivity index (χ1n) is 5.57. The zero-order valence-electron chi connectivity index (χ0n) is 10.4. The topological polar surface area (TPSA) is 101 Å². The molecular formula is C12H15N3O4. The fourth-order valence-corrected chi connectivity index (χ4v) is 1.48. The predicted molar refractivity (Wildman–Crippen MR) is 67.8 cm³/mol. The van der Waals surface area contributed by atoms with E-state index in [1.54, 1.807) is 13.3 Å². The van der Waals surface area contributed by atoms with Gasteiger partial charge in [0.1, 0.15) is 5.82 Å². The van der Waals surface area contributed by atoms with Gasteiger partial charge in [-0.2, -0.15) is 4.98 Å². The molecule has 7 heteroatoms. The Morgan fingerprint density at radius 1 is 1.37 bits per heavy atom. The Kier molecular flexibility index (Phi) is 5.87. The van der Waals surface area contributed by atoms with E-state index in [2.05, 4.69) is 34.2 Å². The highest BCUT2D eigenvalue weighted by Gasteiger charge is 2.00. The van der Waals surface area contributed by atoms with Crippen molar-refractivity contribution in [2.24, 2.45) is 0 Å². The largest absolute Gasteiger partial charge is 0.480 e. The smallest absolute Gasteiger partial charge is 0.291 e. The van der Waals surface area contributed by atoms with Gasteiger partial charge in [0, 0.05) is 6.42 Å². The van der Waals surface area contributed by atoms with E-state index in [4.69, 9.17) is 20.1 Å². The molecule has 2 rings (SSSR count). The number of aromatic amines is 1. The first kappa shape index (κ1) is 14.5. The van der Waals surface area contributed by atoms with Crippen LogP contribution in [0, 0.1) is 10.1 Å². The molecule has 0 aliphatic carbocycles. The maximum atomic E-state index is 8.36. The minimum atomic E-state index is -1.50. The van der Waals surface area contributed by atoms with E-state index < -0.39 is 5.09 Å². The Morgan fingerprint density at radius 2 is 2.00 bits per heavy atom. The van der Waals surface area contributed by atoms with Gasteiger partial charge in [0.15, 0.2) is 0 Å². The van der Waals surface area contributed by atoms with Crippen LogP contribution < -0.4 is 4.74 Å². The molecule has 0 saturated carbocycles. The number of aryl methyl sites for hydroxylation is 2. The number of methoxy groups -OCH3 is 1. The molecule has 2 N–H and O–H groups in total. The Morgan fingerprint density at radius 3 is 2.53 bits per heavy atom. The summed E-state index contributed by atoms with van der Waals surface area (Å²) in [6.45, 7) is 0. The lowest BCUT2D eigenvalue weighted by Crippen LogP contribution is -1.93. The molecule has 0 bridgehead atoms. The number of imidazole rings is 1. The second kappa shape index (κ2) is 7.70. The molecule has 0 saturated heterocycles. The van der Waals surface area contributed by atoms with Gasteiger partial charge in [0.25, 0.3) is 5.09 Å². The molecule has 0 aliphatic heterocycles. The molecule has 102 valence electrons. The summed E-state index contributed by atoms with van der Waals surface area (Å²) >= 11 is 0. The van der Waals surface area contributed by atoms with Crippen LogP contribution in [-0.2, 0) is 12.8 Å². The van der Waals surface area contributed by atoms with Gasteiger partial charge in [0.2, 0.25) is 5.88 Å². The zero-order valence-corrected chi connectivity index (χ0v) is 10.4. The number of H-pyrrole nitrogens is 1. The fourth-order valence-electron chi connectivity index (χ4n) is 1.48. The molecule has 0 amide bonds. The van der Waals surface area contributed by atoms with E-state index in [-0.39, 0.29) is 0 Å². The van der Waals surface area contributed by atoms with E-state index >= 15 is 0 Å². The fraction of sp³-hybridized carbons (Fsp3) is 0.250. The molecule has 0 spiro atoms. The van der Waals surface area contributed by atoms with Crippen LogP contribution in [0.1, 0.15) is 11.4 Å². The Labute approximate surface area is 110 Å². The minimum absolute atomic E-state index is 0.651. The highest BCUT2D eigenvalue weighted by atomic mass is 16.9. The Hall–Kier alpha value is -2.57. The molecule has 1 aromatic carbocycles. The van der Waals surface area contributed by atoms with Crippen molar-refractivity contribution in [3.63, 3.8) is 0 Å². The lowest BCUT2D eigenvalue weighted by Gasteiger charge is -1.97. The van der Waals surface area contributed by atoms with E-state index in [0.717, 1.165) is 18.7 Å². The molecular weight excluding hydrogens is 250 g/mol. The van der Waals surface area contributed by atoms with Gasteiger partial charge >= 0.3 is 0 Å². The summed E-state index contributed by atoms with van der Waals surface area (Å²) in [6, 6.07) is 10.4. The maximum absolute atomic E-state index is 8.36. The highest BCUT2D eigenvalue weighted by Crippen LogP contribution is 2.08. The lowest BCUT2D eigenvalue weighted by molar-refractivity contribution is -0.742. The number of nitrogens with one attached hydrogen (secondary N) is 1. The first-order valence-corrected chi connectivity index (χ1v) is 5.57. The van der Waals surface area contributed by atoms with Crippen LogP contribution in [0.5, 0.6) is 5.88 Å². The number of nitrogens with zero attached hydrogens (tertiary/aromatic N) is 2. The van der Waals surface area contributed by atoms with Crippen LogP contribution in [0.4, 0.5) is 0 Å². The van der Waals surface area contributed by atoms with Gasteiger partial charge in [-0.05, 0) is 12.0 Å². The molecule has 0 atom stereocenters. The van der Waals surface area contributed by atoms with Gasteiger partial charge in [0.05, 0.1) is 13.3 Å². The summed E-state index contributed by atoms with van der Waals surface area (Å²) in [7, 11) is 1.62. The first-order chi connectivity index (χ1) is 9.11. The van der Waals surface area contributed by atoms with Crippen molar-refractivity contribution in [2.45, 2.75) is 12.8 Å². The molecule has 0 radical (unpaired) electrons. The third-order valence-electron chi connectivity index (χ3n) is 2.31. The molecule has 19 heavy (non-hydrogen) atoms. The minimum Gasteiger partial charge on any atom is -0.480 e. The summed E-state index contributed by atoms with van der Waals surface area (Å²) in [5.74, 6) is 1.62. The molecule has 7 nitrogen and oxygen atoms in total. The van der Waals surface area contributed by atoms with E-state index in [9.17, 15) is 0 Å². The third kappa shape index (κ3) is 6.06. The standard InChI is InChI=1S/C12H14N2O.HNO3/c1-15-12-9-13-11(14-12)8-7-10-5-3-2-4-6-10;2-1(3)4/h2-6,9H,7-8H2,1H3,(H,13,14);(H,2,3,4). The monoisotopic (exact) mass is 265 g/mol. The van der Waals surface area contributed by atoms with Gasteiger partial charge in [-0.25, -0.2) is 0 Å². The molecule has 1 aromatic heterocycles. The summed E-state index contributed by atoms with van der Waals surface area (Å²) in [5.41, 5.74) is 1.33. The van der Waals surface area contributed by atoms with Crippen LogP contribution in [0.15, 0.2) is 36.5 Å². The van der Waals surface area contributed by atoms with Crippen molar-refractivity contribution in [1.29, 1.82) is 0 Å². The summed E-state index contributed by atoms with van der Waals surface area (Å²) in [4.78, 5) is 15.7. The van der Waals surface area contributed by atoms with Crippen molar-refractivity contribution < 1.29 is 15.0 Å². The van der Waals surface area contributed by atoms with Crippen molar-refractivity contribution in [3.8, 4) is 5.88 Å². The zero-order chi connectivity index (χ0) is 14.1. The second-order valence-electron chi connectivity index (χ2n) is 3.61. The van der Waals surface area contributed by atoms with E-state index in [0.29, 0.717) is 5.88 Å². The molecule has 0 fully saturated rings. The van der Waals surface area contributed by atoms with Gasteiger partial charge in [-0.3, -0.25) is 0 Å². The molecule has 2 aromatic rings. The van der Waals surface area contributed by atoms with Crippen LogP contribution >= 0.6 is 0 Å². The number of aromatic nitrogens is 2. The highest BCUT2D eigenvalue weighted by molar-refractivity contribution is 5.16. The molecule has 0 unspecified atom stereocenters. The Bertz CT molecular complexity index is 495. The summed E-state index contributed by atoms with van der Waals surface area (Å²) in [6.07, 6.45) is 3.69. The lowest BCUT2D eigenvalue weighted by atomic mass is 10.1. The average Bonchev–Trinajstić information content (AvgIpc) is 2.85. The Balaban J connectivity index is 0.000000399. The number of hydrogen-bond donors (Lipinski definition) is 2. The quantitative estimate of drug-likeness (QED) is 0.649. The van der Waals surface area contributed by atoms with E-state index in [1.165, 1.54) is 5.56 Å². The van der Waals surface area contributed by atoms with Crippen molar-refractivity contribution in [1.82, 2.24) is 9.97 Å². The number of rotatable bonds is 4. The van der Waals surface area contributed by atoms with Gasteiger partial charge < -0.3 is 14.9 Å². The van der Waals surface area contributed by atoms with Crippen LogP contribution in [0.2, 0.25) is 0 Å².